The van der Waals surface area contributed by atoms with Gasteiger partial charge in [-0.05, 0) is 38.4 Å². The van der Waals surface area contributed by atoms with Gasteiger partial charge in [0, 0.05) is 26.2 Å². The highest BCUT2D eigenvalue weighted by atomic mass is 15.2. The van der Waals surface area contributed by atoms with Gasteiger partial charge in [0.2, 0.25) is 0 Å². The third-order valence-electron chi connectivity index (χ3n) is 4.45. The van der Waals surface area contributed by atoms with Crippen LogP contribution in [0.3, 0.4) is 0 Å². The van der Waals surface area contributed by atoms with Crippen LogP contribution in [0, 0.1) is 5.92 Å². The number of nitrogens with zero attached hydrogens (tertiary/aromatic N) is 2. The van der Waals surface area contributed by atoms with Crippen molar-refractivity contribution in [3.8, 4) is 0 Å². The fourth-order valence-corrected chi connectivity index (χ4v) is 3.32. The molecule has 2 N–H and O–H groups in total. The Hall–Kier alpha value is -0.120. The molecule has 2 fully saturated rings. The summed E-state index contributed by atoms with van der Waals surface area (Å²) in [4.78, 5) is 5.20. The van der Waals surface area contributed by atoms with Gasteiger partial charge in [-0.15, -0.1) is 0 Å². The SMILES string of the molecule is NCCN1CCCN(CCC2CCCC2)CC1. The highest BCUT2D eigenvalue weighted by Gasteiger charge is 2.18. The van der Waals surface area contributed by atoms with Gasteiger partial charge in [0.1, 0.15) is 0 Å². The zero-order chi connectivity index (χ0) is 11.9. The zero-order valence-electron chi connectivity index (χ0n) is 11.2. The highest BCUT2D eigenvalue weighted by Crippen LogP contribution is 2.27. The predicted octanol–water partition coefficient (Wildman–Crippen LogP) is 1.53. The quantitative estimate of drug-likeness (QED) is 0.790. The Morgan fingerprint density at radius 1 is 0.824 bits per heavy atom. The molecule has 3 heteroatoms. The topological polar surface area (TPSA) is 32.5 Å². The number of hydrogen-bond acceptors (Lipinski definition) is 3. The average molecular weight is 239 g/mol. The van der Waals surface area contributed by atoms with Crippen LogP contribution in [0.25, 0.3) is 0 Å². The van der Waals surface area contributed by atoms with Crippen LogP contribution in [0.2, 0.25) is 0 Å². The van der Waals surface area contributed by atoms with Gasteiger partial charge in [0.05, 0.1) is 0 Å². The minimum Gasteiger partial charge on any atom is -0.329 e. The van der Waals surface area contributed by atoms with E-state index in [0.717, 1.165) is 19.0 Å². The van der Waals surface area contributed by atoms with Crippen LogP contribution in [0.1, 0.15) is 38.5 Å². The van der Waals surface area contributed by atoms with E-state index >= 15 is 0 Å². The highest BCUT2D eigenvalue weighted by molar-refractivity contribution is 4.73. The summed E-state index contributed by atoms with van der Waals surface area (Å²) in [5.41, 5.74) is 5.63. The molecule has 0 radical (unpaired) electrons. The molecule has 2 rings (SSSR count). The van der Waals surface area contributed by atoms with E-state index in [4.69, 9.17) is 5.73 Å². The lowest BCUT2D eigenvalue weighted by Crippen LogP contribution is -2.34. The molecule has 0 aromatic rings. The van der Waals surface area contributed by atoms with Crippen molar-refractivity contribution in [1.82, 2.24) is 9.80 Å². The molecular weight excluding hydrogens is 210 g/mol. The molecule has 0 unspecified atom stereocenters. The Morgan fingerprint density at radius 3 is 2.12 bits per heavy atom. The molecule has 0 aromatic heterocycles. The van der Waals surface area contributed by atoms with Crippen LogP contribution < -0.4 is 5.73 Å². The molecule has 1 saturated heterocycles. The van der Waals surface area contributed by atoms with Gasteiger partial charge >= 0.3 is 0 Å². The third-order valence-corrected chi connectivity index (χ3v) is 4.45. The van der Waals surface area contributed by atoms with Gasteiger partial charge in [-0.3, -0.25) is 0 Å². The van der Waals surface area contributed by atoms with Crippen molar-refractivity contribution in [3.05, 3.63) is 0 Å². The van der Waals surface area contributed by atoms with E-state index in [1.54, 1.807) is 0 Å². The van der Waals surface area contributed by atoms with E-state index < -0.39 is 0 Å². The van der Waals surface area contributed by atoms with E-state index in [1.165, 1.54) is 71.2 Å². The second-order valence-corrected chi connectivity index (χ2v) is 5.76. The molecule has 1 aliphatic heterocycles. The molecule has 0 aromatic carbocycles. The number of nitrogens with two attached hydrogens (primary N) is 1. The molecule has 100 valence electrons. The lowest BCUT2D eigenvalue weighted by atomic mass is 10.0. The Bertz CT molecular complexity index is 202. The van der Waals surface area contributed by atoms with E-state index in [9.17, 15) is 0 Å². The first-order chi connectivity index (χ1) is 8.38. The van der Waals surface area contributed by atoms with Gasteiger partial charge in [0.15, 0.2) is 0 Å². The fraction of sp³-hybridized carbons (Fsp3) is 1.00. The molecular formula is C14H29N3. The van der Waals surface area contributed by atoms with Crippen molar-refractivity contribution in [1.29, 1.82) is 0 Å². The van der Waals surface area contributed by atoms with Gasteiger partial charge < -0.3 is 15.5 Å². The first kappa shape index (κ1) is 13.3. The summed E-state index contributed by atoms with van der Waals surface area (Å²) in [7, 11) is 0. The van der Waals surface area contributed by atoms with Crippen molar-refractivity contribution in [2.75, 3.05) is 45.8 Å². The summed E-state index contributed by atoms with van der Waals surface area (Å²) >= 11 is 0. The summed E-state index contributed by atoms with van der Waals surface area (Å²) in [5.74, 6) is 1.04. The lowest BCUT2D eigenvalue weighted by Gasteiger charge is -2.22. The first-order valence-electron chi connectivity index (χ1n) is 7.53. The maximum Gasteiger partial charge on any atom is 0.0110 e. The van der Waals surface area contributed by atoms with Gasteiger partial charge in [-0.2, -0.15) is 0 Å². The summed E-state index contributed by atoms with van der Waals surface area (Å²) in [6.45, 7) is 8.25. The molecule has 17 heavy (non-hydrogen) atoms. The van der Waals surface area contributed by atoms with E-state index in [1.807, 2.05) is 0 Å². The molecule has 2 aliphatic rings. The maximum absolute atomic E-state index is 5.63. The zero-order valence-corrected chi connectivity index (χ0v) is 11.2. The molecule has 3 nitrogen and oxygen atoms in total. The third kappa shape index (κ3) is 4.57. The van der Waals surface area contributed by atoms with Crippen LogP contribution in [0.4, 0.5) is 0 Å². The Labute approximate surface area is 106 Å². The second-order valence-electron chi connectivity index (χ2n) is 5.76. The lowest BCUT2D eigenvalue weighted by molar-refractivity contribution is 0.246. The summed E-state index contributed by atoms with van der Waals surface area (Å²) < 4.78 is 0. The molecule has 0 atom stereocenters. The summed E-state index contributed by atoms with van der Waals surface area (Å²) in [5, 5.41) is 0. The molecule has 0 amide bonds. The van der Waals surface area contributed by atoms with Crippen LogP contribution >= 0.6 is 0 Å². The van der Waals surface area contributed by atoms with E-state index in [2.05, 4.69) is 9.80 Å². The standard InChI is InChI=1S/C14H29N3/c15-7-11-17-9-3-8-16(12-13-17)10-6-14-4-1-2-5-14/h14H,1-13,15H2. The molecule has 1 aliphatic carbocycles. The van der Waals surface area contributed by atoms with Gasteiger partial charge in [-0.25, -0.2) is 0 Å². The average Bonchev–Trinajstić information content (AvgIpc) is 2.75. The summed E-state index contributed by atoms with van der Waals surface area (Å²) in [6, 6.07) is 0. The van der Waals surface area contributed by atoms with E-state index in [-0.39, 0.29) is 0 Å². The minimum absolute atomic E-state index is 0.808. The van der Waals surface area contributed by atoms with Crippen LogP contribution in [0.15, 0.2) is 0 Å². The predicted molar refractivity (Wildman–Crippen MR) is 73.1 cm³/mol. The largest absolute Gasteiger partial charge is 0.329 e. The smallest absolute Gasteiger partial charge is 0.0110 e. The van der Waals surface area contributed by atoms with Crippen molar-refractivity contribution in [3.63, 3.8) is 0 Å². The normalized spacial score (nSPS) is 25.2. The minimum atomic E-state index is 0.808. The van der Waals surface area contributed by atoms with Crippen LogP contribution in [-0.2, 0) is 0 Å². The Kier molecular flexibility index (Phi) is 5.75. The maximum atomic E-state index is 5.63. The van der Waals surface area contributed by atoms with Crippen molar-refractivity contribution < 1.29 is 0 Å². The summed E-state index contributed by atoms with van der Waals surface area (Å²) in [6.07, 6.45) is 8.71. The molecule has 0 bridgehead atoms. The second kappa shape index (κ2) is 7.34. The van der Waals surface area contributed by atoms with Crippen LogP contribution in [-0.4, -0.2) is 55.6 Å². The monoisotopic (exact) mass is 239 g/mol. The van der Waals surface area contributed by atoms with Crippen LogP contribution in [0.5, 0.6) is 0 Å². The fourth-order valence-electron chi connectivity index (χ4n) is 3.32. The van der Waals surface area contributed by atoms with Crippen molar-refractivity contribution in [2.45, 2.75) is 38.5 Å². The van der Waals surface area contributed by atoms with Crippen molar-refractivity contribution >= 4 is 0 Å². The molecule has 1 heterocycles. The Balaban J connectivity index is 1.63. The van der Waals surface area contributed by atoms with Crippen molar-refractivity contribution in [2.24, 2.45) is 11.7 Å². The Morgan fingerprint density at radius 2 is 1.47 bits per heavy atom. The van der Waals surface area contributed by atoms with Gasteiger partial charge in [-0.1, -0.05) is 25.7 Å². The molecule has 1 saturated carbocycles. The van der Waals surface area contributed by atoms with E-state index in [0.29, 0.717) is 0 Å². The first-order valence-corrected chi connectivity index (χ1v) is 7.53. The molecule has 0 spiro atoms. The number of hydrogen-bond donors (Lipinski definition) is 1. The number of rotatable bonds is 5. The van der Waals surface area contributed by atoms with Gasteiger partial charge in [0.25, 0.3) is 0 Å².